The lowest BCUT2D eigenvalue weighted by atomic mass is 10.2. The van der Waals surface area contributed by atoms with Crippen molar-refractivity contribution in [3.63, 3.8) is 0 Å². The highest BCUT2D eigenvalue weighted by Crippen LogP contribution is 2.25. The summed E-state index contributed by atoms with van der Waals surface area (Å²) in [6.07, 6.45) is 1.58. The molecule has 0 atom stereocenters. The average molecular weight is 256 g/mol. The summed E-state index contributed by atoms with van der Waals surface area (Å²) in [6, 6.07) is 9.82. The van der Waals surface area contributed by atoms with Crippen molar-refractivity contribution >= 4 is 33.1 Å². The number of benzene rings is 1. The predicted molar refractivity (Wildman–Crippen MR) is 75.6 cm³/mol. The first-order valence-corrected chi connectivity index (χ1v) is 6.47. The Hall–Kier alpha value is -2.14. The molecule has 0 bridgehead atoms. The van der Waals surface area contributed by atoms with E-state index < -0.39 is 0 Å². The number of thiophene rings is 1. The summed E-state index contributed by atoms with van der Waals surface area (Å²) < 4.78 is 1.09. The van der Waals surface area contributed by atoms with Crippen LogP contribution in [0.4, 0.5) is 11.5 Å². The lowest BCUT2D eigenvalue weighted by Gasteiger charge is -2.06. The smallest absolute Gasteiger partial charge is 0.147 e. The van der Waals surface area contributed by atoms with Crippen LogP contribution in [-0.2, 0) is 6.54 Å². The fraction of sp³-hybridized carbons (Fsp3) is 0.0769. The van der Waals surface area contributed by atoms with E-state index in [1.165, 1.54) is 5.56 Å². The van der Waals surface area contributed by atoms with E-state index in [9.17, 15) is 0 Å². The minimum Gasteiger partial charge on any atom is -0.399 e. The molecular weight excluding hydrogens is 244 g/mol. The first-order valence-electron chi connectivity index (χ1n) is 5.59. The Kier molecular flexibility index (Phi) is 2.82. The van der Waals surface area contributed by atoms with Gasteiger partial charge in [0.25, 0.3) is 0 Å². The molecule has 0 saturated heterocycles. The van der Waals surface area contributed by atoms with Gasteiger partial charge in [-0.3, -0.25) is 0 Å². The van der Waals surface area contributed by atoms with Gasteiger partial charge in [0.2, 0.25) is 0 Å². The SMILES string of the molecule is Nc1ccc(CNc2ncnc3ccsc23)cc1. The van der Waals surface area contributed by atoms with Gasteiger partial charge in [-0.25, -0.2) is 9.97 Å². The van der Waals surface area contributed by atoms with Gasteiger partial charge in [-0.15, -0.1) is 11.3 Å². The van der Waals surface area contributed by atoms with Gasteiger partial charge in [-0.05, 0) is 29.1 Å². The van der Waals surface area contributed by atoms with Crippen molar-refractivity contribution in [1.82, 2.24) is 9.97 Å². The van der Waals surface area contributed by atoms with Crippen molar-refractivity contribution in [3.8, 4) is 0 Å². The van der Waals surface area contributed by atoms with Crippen molar-refractivity contribution in [2.24, 2.45) is 0 Å². The van der Waals surface area contributed by atoms with Gasteiger partial charge in [0, 0.05) is 12.2 Å². The number of hydrogen-bond acceptors (Lipinski definition) is 5. The van der Waals surface area contributed by atoms with Crippen LogP contribution in [0.3, 0.4) is 0 Å². The van der Waals surface area contributed by atoms with Crippen LogP contribution in [0.1, 0.15) is 5.56 Å². The first-order chi connectivity index (χ1) is 8.83. The van der Waals surface area contributed by atoms with E-state index in [2.05, 4.69) is 15.3 Å². The zero-order valence-corrected chi connectivity index (χ0v) is 10.4. The maximum atomic E-state index is 5.66. The Morgan fingerprint density at radius 1 is 1.11 bits per heavy atom. The standard InChI is InChI=1S/C13H12N4S/c14-10-3-1-9(2-4-10)7-15-13-12-11(5-6-18-12)16-8-17-13/h1-6,8H,7,14H2,(H,15,16,17). The molecule has 0 radical (unpaired) electrons. The average Bonchev–Trinajstić information content (AvgIpc) is 2.87. The Balaban J connectivity index is 1.80. The fourth-order valence-electron chi connectivity index (χ4n) is 1.74. The molecule has 0 aliphatic carbocycles. The number of fused-ring (bicyclic) bond motifs is 1. The normalized spacial score (nSPS) is 10.7. The lowest BCUT2D eigenvalue weighted by molar-refractivity contribution is 1.11. The van der Waals surface area contributed by atoms with Gasteiger partial charge in [0.05, 0.1) is 10.2 Å². The summed E-state index contributed by atoms with van der Waals surface area (Å²) in [6.45, 7) is 0.726. The molecule has 0 spiro atoms. The molecule has 5 heteroatoms. The van der Waals surface area contributed by atoms with Crippen LogP contribution < -0.4 is 11.1 Å². The van der Waals surface area contributed by atoms with Gasteiger partial charge in [-0.1, -0.05) is 12.1 Å². The molecule has 0 saturated carbocycles. The van der Waals surface area contributed by atoms with E-state index in [1.54, 1.807) is 17.7 Å². The molecule has 4 nitrogen and oxygen atoms in total. The molecule has 0 aliphatic heterocycles. The molecule has 2 heterocycles. The van der Waals surface area contributed by atoms with Crippen molar-refractivity contribution in [1.29, 1.82) is 0 Å². The number of nitrogen functional groups attached to an aromatic ring is 1. The van der Waals surface area contributed by atoms with E-state index in [1.807, 2.05) is 35.7 Å². The van der Waals surface area contributed by atoms with Crippen molar-refractivity contribution in [3.05, 3.63) is 47.6 Å². The molecule has 0 unspecified atom stereocenters. The van der Waals surface area contributed by atoms with E-state index in [0.717, 1.165) is 28.3 Å². The summed E-state index contributed by atoms with van der Waals surface area (Å²) in [5.74, 6) is 0.881. The fourth-order valence-corrected chi connectivity index (χ4v) is 2.55. The molecule has 0 amide bonds. The molecule has 0 aliphatic rings. The number of nitrogens with one attached hydrogen (secondary N) is 1. The molecular formula is C13H12N4S. The minimum absolute atomic E-state index is 0.726. The van der Waals surface area contributed by atoms with Crippen LogP contribution >= 0.6 is 11.3 Å². The highest BCUT2D eigenvalue weighted by Gasteiger charge is 2.04. The van der Waals surface area contributed by atoms with Gasteiger partial charge in [0.1, 0.15) is 12.1 Å². The summed E-state index contributed by atoms with van der Waals surface area (Å²) in [5.41, 5.74) is 8.59. The summed E-state index contributed by atoms with van der Waals surface area (Å²) in [4.78, 5) is 8.49. The van der Waals surface area contributed by atoms with Gasteiger partial charge >= 0.3 is 0 Å². The van der Waals surface area contributed by atoms with Crippen LogP contribution in [0, 0.1) is 0 Å². The number of aromatic nitrogens is 2. The molecule has 1 aromatic carbocycles. The van der Waals surface area contributed by atoms with Crippen LogP contribution in [0.5, 0.6) is 0 Å². The lowest BCUT2D eigenvalue weighted by Crippen LogP contribution is -2.01. The van der Waals surface area contributed by atoms with Crippen molar-refractivity contribution < 1.29 is 0 Å². The van der Waals surface area contributed by atoms with Crippen LogP contribution in [0.15, 0.2) is 42.0 Å². The number of nitrogens with zero attached hydrogens (tertiary/aromatic N) is 2. The van der Waals surface area contributed by atoms with E-state index in [-0.39, 0.29) is 0 Å². The second-order valence-electron chi connectivity index (χ2n) is 3.95. The molecule has 18 heavy (non-hydrogen) atoms. The second-order valence-corrected chi connectivity index (χ2v) is 4.87. The first kappa shape index (κ1) is 11.0. The van der Waals surface area contributed by atoms with Crippen LogP contribution in [0.2, 0.25) is 0 Å². The van der Waals surface area contributed by atoms with Gasteiger partial charge < -0.3 is 11.1 Å². The molecule has 0 fully saturated rings. The quantitative estimate of drug-likeness (QED) is 0.707. The van der Waals surface area contributed by atoms with Gasteiger partial charge in [0.15, 0.2) is 0 Å². The van der Waals surface area contributed by atoms with Crippen molar-refractivity contribution in [2.75, 3.05) is 11.1 Å². The summed E-state index contributed by atoms with van der Waals surface area (Å²) in [7, 11) is 0. The summed E-state index contributed by atoms with van der Waals surface area (Å²) >= 11 is 1.64. The van der Waals surface area contributed by atoms with E-state index in [0.29, 0.717) is 0 Å². The van der Waals surface area contributed by atoms with Gasteiger partial charge in [-0.2, -0.15) is 0 Å². The number of hydrogen-bond donors (Lipinski definition) is 2. The molecule has 3 aromatic rings. The summed E-state index contributed by atoms with van der Waals surface area (Å²) in [5, 5.41) is 5.35. The molecule has 2 aromatic heterocycles. The number of nitrogens with two attached hydrogens (primary N) is 1. The maximum Gasteiger partial charge on any atom is 0.147 e. The Labute approximate surface area is 109 Å². The monoisotopic (exact) mass is 256 g/mol. The highest BCUT2D eigenvalue weighted by atomic mass is 32.1. The Morgan fingerprint density at radius 3 is 2.78 bits per heavy atom. The second kappa shape index (κ2) is 4.62. The highest BCUT2D eigenvalue weighted by molar-refractivity contribution is 7.17. The largest absolute Gasteiger partial charge is 0.399 e. The number of rotatable bonds is 3. The zero-order chi connectivity index (χ0) is 12.4. The van der Waals surface area contributed by atoms with E-state index >= 15 is 0 Å². The van der Waals surface area contributed by atoms with Crippen LogP contribution in [0.25, 0.3) is 10.2 Å². The minimum atomic E-state index is 0.726. The Bertz CT molecular complexity index is 660. The van der Waals surface area contributed by atoms with Crippen molar-refractivity contribution in [2.45, 2.75) is 6.54 Å². The molecule has 3 rings (SSSR count). The third-order valence-electron chi connectivity index (χ3n) is 2.68. The topological polar surface area (TPSA) is 63.8 Å². The third-order valence-corrected chi connectivity index (χ3v) is 3.59. The Morgan fingerprint density at radius 2 is 1.94 bits per heavy atom. The maximum absolute atomic E-state index is 5.66. The van der Waals surface area contributed by atoms with E-state index in [4.69, 9.17) is 5.73 Å². The number of anilines is 2. The predicted octanol–water partition coefficient (Wildman–Crippen LogP) is 2.89. The zero-order valence-electron chi connectivity index (χ0n) is 9.63. The third kappa shape index (κ3) is 2.12. The molecule has 3 N–H and O–H groups in total. The molecule has 90 valence electrons. The van der Waals surface area contributed by atoms with Crippen LogP contribution in [-0.4, -0.2) is 9.97 Å².